The number of anilines is 2. The Morgan fingerprint density at radius 1 is 1.50 bits per heavy atom. The number of nitrogens with two attached hydrogens (primary N) is 1. The number of amides is 1. The Bertz CT molecular complexity index is 511. The molecule has 0 saturated carbocycles. The van der Waals surface area contributed by atoms with Crippen molar-refractivity contribution >= 4 is 28.9 Å². The van der Waals surface area contributed by atoms with Crippen LogP contribution in [-0.4, -0.2) is 20.5 Å². The van der Waals surface area contributed by atoms with Gasteiger partial charge < -0.3 is 11.1 Å². The molecule has 0 aliphatic rings. The second kappa shape index (κ2) is 4.23. The van der Waals surface area contributed by atoms with Crippen LogP contribution >= 0.6 is 11.5 Å². The van der Waals surface area contributed by atoms with Gasteiger partial charge in [-0.25, -0.2) is 4.98 Å². The molecule has 0 aliphatic carbocycles. The lowest BCUT2D eigenvalue weighted by Gasteiger charge is -2.05. The zero-order chi connectivity index (χ0) is 11.5. The number of hydrogen-bond acceptors (Lipinski definition) is 6. The number of aryl methyl sites for hydroxylation is 1. The van der Waals surface area contributed by atoms with Crippen molar-refractivity contribution in [3.8, 4) is 0 Å². The largest absolute Gasteiger partial charge is 0.397 e. The van der Waals surface area contributed by atoms with Crippen molar-refractivity contribution in [1.82, 2.24) is 14.6 Å². The molecule has 0 fully saturated rings. The minimum Gasteiger partial charge on any atom is -0.397 e. The molecule has 3 N–H and O–H groups in total. The molecule has 7 heteroatoms. The Kier molecular flexibility index (Phi) is 2.78. The monoisotopic (exact) mass is 235 g/mol. The smallest absolute Gasteiger partial charge is 0.270 e. The van der Waals surface area contributed by atoms with E-state index in [1.165, 1.54) is 12.4 Å². The molecule has 0 bridgehead atoms. The van der Waals surface area contributed by atoms with Crippen LogP contribution < -0.4 is 11.1 Å². The summed E-state index contributed by atoms with van der Waals surface area (Å²) in [7, 11) is 0. The topological polar surface area (TPSA) is 93.8 Å². The second-order valence-electron chi connectivity index (χ2n) is 3.17. The SMILES string of the molecule is Cc1cc(N)cnc1NC(=O)c1cnns1. The normalized spacial score (nSPS) is 10.1. The molecule has 2 rings (SSSR count). The Hall–Kier alpha value is -2.02. The highest BCUT2D eigenvalue weighted by Gasteiger charge is 2.10. The maximum absolute atomic E-state index is 11.7. The van der Waals surface area contributed by atoms with Crippen molar-refractivity contribution in [3.05, 3.63) is 28.9 Å². The maximum Gasteiger partial charge on any atom is 0.270 e. The summed E-state index contributed by atoms with van der Waals surface area (Å²) in [6.45, 7) is 1.82. The average Bonchev–Trinajstić information content (AvgIpc) is 2.75. The Morgan fingerprint density at radius 2 is 2.31 bits per heavy atom. The molecular weight excluding hydrogens is 226 g/mol. The van der Waals surface area contributed by atoms with Gasteiger partial charge in [0.25, 0.3) is 5.91 Å². The number of pyridine rings is 1. The van der Waals surface area contributed by atoms with Crippen LogP contribution in [0.1, 0.15) is 15.2 Å². The molecule has 0 spiro atoms. The maximum atomic E-state index is 11.7. The van der Waals surface area contributed by atoms with Crippen molar-refractivity contribution < 1.29 is 4.79 Å². The second-order valence-corrected chi connectivity index (χ2v) is 3.96. The van der Waals surface area contributed by atoms with Gasteiger partial charge in [0.1, 0.15) is 10.7 Å². The molecule has 2 aromatic heterocycles. The van der Waals surface area contributed by atoms with Crippen molar-refractivity contribution in [3.63, 3.8) is 0 Å². The van der Waals surface area contributed by atoms with Gasteiger partial charge in [-0.1, -0.05) is 4.49 Å². The van der Waals surface area contributed by atoms with Gasteiger partial charge in [0.15, 0.2) is 0 Å². The quantitative estimate of drug-likeness (QED) is 0.812. The predicted molar refractivity (Wildman–Crippen MR) is 61.2 cm³/mol. The van der Waals surface area contributed by atoms with Gasteiger partial charge in [0, 0.05) is 0 Å². The first-order valence-electron chi connectivity index (χ1n) is 4.47. The zero-order valence-electron chi connectivity index (χ0n) is 8.47. The van der Waals surface area contributed by atoms with Gasteiger partial charge in [-0.2, -0.15) is 0 Å². The summed E-state index contributed by atoms with van der Waals surface area (Å²) in [5, 5.41) is 6.25. The highest BCUT2D eigenvalue weighted by atomic mass is 32.1. The summed E-state index contributed by atoms with van der Waals surface area (Å²) < 4.78 is 3.61. The van der Waals surface area contributed by atoms with Crippen LogP contribution in [0.4, 0.5) is 11.5 Å². The third kappa shape index (κ3) is 2.14. The van der Waals surface area contributed by atoms with Crippen molar-refractivity contribution in [2.75, 3.05) is 11.1 Å². The molecule has 0 aromatic carbocycles. The predicted octanol–water partition coefficient (Wildman–Crippen LogP) is 1.08. The molecule has 0 aliphatic heterocycles. The van der Waals surface area contributed by atoms with Crippen molar-refractivity contribution in [2.45, 2.75) is 6.92 Å². The lowest BCUT2D eigenvalue weighted by atomic mass is 10.2. The van der Waals surface area contributed by atoms with E-state index in [1.54, 1.807) is 6.07 Å². The molecule has 0 saturated heterocycles. The number of carbonyl (C=O) groups excluding carboxylic acids is 1. The standard InChI is InChI=1S/C9H9N5OS/c1-5-2-6(10)3-11-8(5)13-9(15)7-4-12-14-16-7/h2-4H,10H2,1H3,(H,11,13,15). The van der Waals surface area contributed by atoms with Gasteiger partial charge in [0.05, 0.1) is 18.1 Å². The fraction of sp³-hybridized carbons (Fsp3) is 0.111. The third-order valence-corrected chi connectivity index (χ3v) is 2.58. The minimum atomic E-state index is -0.268. The first kappa shape index (κ1) is 10.5. The number of carbonyl (C=O) groups is 1. The van der Waals surface area contributed by atoms with Gasteiger partial charge >= 0.3 is 0 Å². The fourth-order valence-corrected chi connectivity index (χ4v) is 1.57. The fourth-order valence-electron chi connectivity index (χ4n) is 1.16. The minimum absolute atomic E-state index is 0.268. The molecule has 2 aromatic rings. The molecule has 16 heavy (non-hydrogen) atoms. The average molecular weight is 235 g/mol. The van der Waals surface area contributed by atoms with E-state index in [0.717, 1.165) is 17.1 Å². The first-order valence-corrected chi connectivity index (χ1v) is 5.25. The number of nitrogen functional groups attached to an aromatic ring is 1. The lowest BCUT2D eigenvalue weighted by molar-refractivity contribution is 0.103. The van der Waals surface area contributed by atoms with E-state index in [4.69, 9.17) is 5.73 Å². The summed E-state index contributed by atoms with van der Waals surface area (Å²) >= 11 is 1.03. The van der Waals surface area contributed by atoms with Crippen molar-refractivity contribution in [2.24, 2.45) is 0 Å². The zero-order valence-corrected chi connectivity index (χ0v) is 9.28. The van der Waals surface area contributed by atoms with E-state index in [-0.39, 0.29) is 5.91 Å². The van der Waals surface area contributed by atoms with Crippen LogP contribution in [0.2, 0.25) is 0 Å². The van der Waals surface area contributed by atoms with E-state index < -0.39 is 0 Å². The summed E-state index contributed by atoms with van der Waals surface area (Å²) in [5.74, 6) is 0.225. The molecule has 0 unspecified atom stereocenters. The van der Waals surface area contributed by atoms with Crippen LogP contribution in [-0.2, 0) is 0 Å². The highest BCUT2D eigenvalue weighted by Crippen LogP contribution is 2.15. The highest BCUT2D eigenvalue weighted by molar-refractivity contribution is 7.07. The summed E-state index contributed by atoms with van der Waals surface area (Å²) in [6, 6.07) is 1.74. The van der Waals surface area contributed by atoms with Gasteiger partial charge in [-0.3, -0.25) is 4.79 Å². The van der Waals surface area contributed by atoms with Gasteiger partial charge in [0.2, 0.25) is 0 Å². The molecule has 2 heterocycles. The molecule has 1 amide bonds. The summed E-state index contributed by atoms with van der Waals surface area (Å²) in [4.78, 5) is 16.1. The molecular formula is C9H9N5OS. The van der Waals surface area contributed by atoms with E-state index in [1.807, 2.05) is 6.92 Å². The third-order valence-electron chi connectivity index (χ3n) is 1.92. The van der Waals surface area contributed by atoms with Crippen molar-refractivity contribution in [1.29, 1.82) is 0 Å². The van der Waals surface area contributed by atoms with E-state index in [2.05, 4.69) is 19.9 Å². The van der Waals surface area contributed by atoms with Crippen LogP contribution in [0.3, 0.4) is 0 Å². The lowest BCUT2D eigenvalue weighted by Crippen LogP contribution is -2.12. The van der Waals surface area contributed by atoms with E-state index >= 15 is 0 Å². The number of nitrogens with one attached hydrogen (secondary N) is 1. The van der Waals surface area contributed by atoms with Gasteiger partial charge in [-0.15, -0.1) is 5.10 Å². The first-order chi connectivity index (χ1) is 7.66. The number of nitrogens with zero attached hydrogens (tertiary/aromatic N) is 3. The van der Waals surface area contributed by atoms with E-state index in [9.17, 15) is 4.79 Å². The Labute approximate surface area is 95.7 Å². The van der Waals surface area contributed by atoms with E-state index in [0.29, 0.717) is 16.4 Å². The summed E-state index contributed by atoms with van der Waals surface area (Å²) in [6.07, 6.45) is 2.90. The Morgan fingerprint density at radius 3 is 2.94 bits per heavy atom. The number of aromatic nitrogens is 3. The van der Waals surface area contributed by atoms with Gasteiger partial charge in [-0.05, 0) is 30.1 Å². The van der Waals surface area contributed by atoms with Crippen LogP contribution in [0.15, 0.2) is 18.5 Å². The summed E-state index contributed by atoms with van der Waals surface area (Å²) in [5.41, 5.74) is 6.94. The van der Waals surface area contributed by atoms with Crippen LogP contribution in [0.5, 0.6) is 0 Å². The molecule has 0 atom stereocenters. The molecule has 6 nitrogen and oxygen atoms in total. The molecule has 0 radical (unpaired) electrons. The number of hydrogen-bond donors (Lipinski definition) is 2. The number of rotatable bonds is 2. The van der Waals surface area contributed by atoms with Crippen LogP contribution in [0.25, 0.3) is 0 Å². The Balaban J connectivity index is 2.18. The van der Waals surface area contributed by atoms with Crippen LogP contribution in [0, 0.1) is 6.92 Å². The molecule has 82 valence electrons.